The summed E-state index contributed by atoms with van der Waals surface area (Å²) in [6.45, 7) is 12.5. The van der Waals surface area contributed by atoms with Crippen LogP contribution in [-0.4, -0.2) is 60.1 Å². The molecule has 26 heavy (non-hydrogen) atoms. The summed E-state index contributed by atoms with van der Waals surface area (Å²) in [6.07, 6.45) is 8.39. The van der Waals surface area contributed by atoms with E-state index in [-0.39, 0.29) is 5.91 Å². The number of aliphatic imine (C=N–C) groups is 1. The van der Waals surface area contributed by atoms with Gasteiger partial charge >= 0.3 is 0 Å². The second-order valence-electron chi connectivity index (χ2n) is 7.41. The molecule has 6 heteroatoms. The summed E-state index contributed by atoms with van der Waals surface area (Å²) in [5, 5.41) is 5.10. The Kier molecular flexibility index (Phi) is 7.20. The van der Waals surface area contributed by atoms with Gasteiger partial charge in [-0.25, -0.2) is 0 Å². The third kappa shape index (κ3) is 5.36. The van der Waals surface area contributed by atoms with Crippen LogP contribution in [0.25, 0.3) is 0 Å². The summed E-state index contributed by atoms with van der Waals surface area (Å²) >= 11 is 1.61. The van der Waals surface area contributed by atoms with Gasteiger partial charge in [-0.3, -0.25) is 9.79 Å². The Morgan fingerprint density at radius 1 is 1.31 bits per heavy atom. The standard InChI is InChI=1S/C20H32N4OS/c1-3-23-11-13-24(14-12-23)20-21-10-6-9-19(26-20)22-18(25)15-16(2)17-7-4-5-8-17/h9,17H,2-8,10-15H2,1H3,(H,22,25). The van der Waals surface area contributed by atoms with E-state index in [4.69, 9.17) is 4.99 Å². The number of nitrogens with one attached hydrogen (secondary N) is 1. The zero-order valence-corrected chi connectivity index (χ0v) is 16.8. The summed E-state index contributed by atoms with van der Waals surface area (Å²) in [6, 6.07) is 0. The molecule has 0 unspecified atom stereocenters. The summed E-state index contributed by atoms with van der Waals surface area (Å²) in [5.41, 5.74) is 1.10. The zero-order valence-electron chi connectivity index (χ0n) is 16.0. The Hall–Kier alpha value is -1.27. The smallest absolute Gasteiger partial charge is 0.228 e. The van der Waals surface area contributed by atoms with Crippen molar-refractivity contribution in [2.45, 2.75) is 45.4 Å². The third-order valence-electron chi connectivity index (χ3n) is 5.58. The number of likely N-dealkylation sites (N-methyl/N-ethyl adjacent to an activating group) is 1. The van der Waals surface area contributed by atoms with Gasteiger partial charge in [-0.1, -0.05) is 38.0 Å². The van der Waals surface area contributed by atoms with Gasteiger partial charge in [0.25, 0.3) is 0 Å². The lowest BCUT2D eigenvalue weighted by molar-refractivity contribution is -0.119. The second-order valence-corrected chi connectivity index (χ2v) is 8.42. The van der Waals surface area contributed by atoms with Crippen molar-refractivity contribution in [3.8, 4) is 0 Å². The van der Waals surface area contributed by atoms with Gasteiger partial charge in [0.1, 0.15) is 0 Å². The first kappa shape index (κ1) is 19.5. The summed E-state index contributed by atoms with van der Waals surface area (Å²) in [4.78, 5) is 22.0. The number of thioether (sulfide) groups is 1. The lowest BCUT2D eigenvalue weighted by Crippen LogP contribution is -2.48. The Labute approximate surface area is 162 Å². The second kappa shape index (κ2) is 9.60. The summed E-state index contributed by atoms with van der Waals surface area (Å²) in [5.74, 6) is 0.612. The van der Waals surface area contributed by atoms with Crippen LogP contribution in [0.1, 0.15) is 45.4 Å². The number of amides is 1. The van der Waals surface area contributed by atoms with Gasteiger partial charge in [-0.2, -0.15) is 0 Å². The van der Waals surface area contributed by atoms with Crippen LogP contribution in [0.2, 0.25) is 0 Å². The molecule has 3 rings (SSSR count). The molecule has 1 saturated heterocycles. The first-order chi connectivity index (χ1) is 12.7. The van der Waals surface area contributed by atoms with Crippen LogP contribution < -0.4 is 5.32 Å². The van der Waals surface area contributed by atoms with E-state index >= 15 is 0 Å². The highest BCUT2D eigenvalue weighted by atomic mass is 32.2. The van der Waals surface area contributed by atoms with Crippen molar-refractivity contribution in [3.63, 3.8) is 0 Å². The van der Waals surface area contributed by atoms with E-state index in [0.29, 0.717) is 12.3 Å². The molecular weight excluding hydrogens is 344 g/mol. The monoisotopic (exact) mass is 376 g/mol. The average Bonchev–Trinajstić information content (AvgIpc) is 3.09. The minimum atomic E-state index is 0.0673. The van der Waals surface area contributed by atoms with E-state index in [9.17, 15) is 4.79 Å². The van der Waals surface area contributed by atoms with Gasteiger partial charge in [-0.05, 0) is 43.5 Å². The molecule has 5 nitrogen and oxygen atoms in total. The van der Waals surface area contributed by atoms with Crippen LogP contribution in [-0.2, 0) is 4.79 Å². The first-order valence-corrected chi connectivity index (χ1v) is 10.8. The van der Waals surface area contributed by atoms with Crippen molar-refractivity contribution in [1.29, 1.82) is 0 Å². The van der Waals surface area contributed by atoms with Gasteiger partial charge in [-0.15, -0.1) is 0 Å². The number of carbonyl (C=O) groups excluding carboxylic acids is 1. The van der Waals surface area contributed by atoms with Crippen LogP contribution >= 0.6 is 11.8 Å². The van der Waals surface area contributed by atoms with Gasteiger partial charge in [0.2, 0.25) is 5.91 Å². The SMILES string of the molecule is C=C(CC(=O)NC1=CCCN=C(N2CCN(CC)CC2)S1)C1CCCC1. The van der Waals surface area contributed by atoms with E-state index in [0.717, 1.165) is 61.5 Å². The van der Waals surface area contributed by atoms with E-state index in [1.165, 1.54) is 25.7 Å². The van der Waals surface area contributed by atoms with Gasteiger partial charge in [0.15, 0.2) is 5.17 Å². The van der Waals surface area contributed by atoms with Crippen LogP contribution in [0.4, 0.5) is 0 Å². The Morgan fingerprint density at radius 3 is 2.73 bits per heavy atom. The van der Waals surface area contributed by atoms with E-state index in [1.807, 2.05) is 0 Å². The molecule has 1 aliphatic carbocycles. The maximum atomic E-state index is 12.5. The Bertz CT molecular complexity index is 572. The topological polar surface area (TPSA) is 47.9 Å². The molecule has 0 spiro atoms. The normalized spacial score (nSPS) is 22.6. The number of hydrogen-bond donors (Lipinski definition) is 1. The van der Waals surface area contributed by atoms with Gasteiger partial charge in [0.05, 0.1) is 5.03 Å². The quantitative estimate of drug-likeness (QED) is 0.749. The van der Waals surface area contributed by atoms with Crippen molar-refractivity contribution < 1.29 is 4.79 Å². The number of piperazine rings is 1. The largest absolute Gasteiger partial charge is 0.349 e. The predicted molar refractivity (Wildman–Crippen MR) is 110 cm³/mol. The number of amidine groups is 1. The molecule has 0 aromatic rings. The molecule has 1 saturated carbocycles. The van der Waals surface area contributed by atoms with Crippen LogP contribution in [0.3, 0.4) is 0 Å². The molecule has 0 aromatic carbocycles. The lowest BCUT2D eigenvalue weighted by Gasteiger charge is -2.35. The summed E-state index contributed by atoms with van der Waals surface area (Å²) < 4.78 is 0. The highest BCUT2D eigenvalue weighted by Gasteiger charge is 2.23. The Morgan fingerprint density at radius 2 is 2.04 bits per heavy atom. The molecular formula is C20H32N4OS. The molecule has 1 amide bonds. The lowest BCUT2D eigenvalue weighted by atomic mass is 9.96. The van der Waals surface area contributed by atoms with Crippen molar-refractivity contribution in [2.24, 2.45) is 10.9 Å². The van der Waals surface area contributed by atoms with Crippen molar-refractivity contribution in [2.75, 3.05) is 39.3 Å². The molecule has 1 N–H and O–H groups in total. The molecule has 144 valence electrons. The molecule has 0 radical (unpaired) electrons. The van der Waals surface area contributed by atoms with Crippen molar-refractivity contribution in [1.82, 2.24) is 15.1 Å². The van der Waals surface area contributed by atoms with Crippen LogP contribution in [0.5, 0.6) is 0 Å². The predicted octanol–water partition coefficient (Wildman–Crippen LogP) is 3.21. The van der Waals surface area contributed by atoms with E-state index in [1.54, 1.807) is 11.8 Å². The summed E-state index contributed by atoms with van der Waals surface area (Å²) in [7, 11) is 0. The fourth-order valence-corrected chi connectivity index (χ4v) is 4.92. The van der Waals surface area contributed by atoms with Crippen LogP contribution in [0, 0.1) is 5.92 Å². The van der Waals surface area contributed by atoms with Crippen molar-refractivity contribution >= 4 is 22.8 Å². The number of hydrogen-bond acceptors (Lipinski definition) is 5. The molecule has 2 heterocycles. The molecule has 2 aliphatic heterocycles. The molecule has 3 aliphatic rings. The minimum Gasteiger partial charge on any atom is -0.349 e. The zero-order chi connectivity index (χ0) is 18.4. The van der Waals surface area contributed by atoms with Crippen LogP contribution in [0.15, 0.2) is 28.2 Å². The number of carbonyl (C=O) groups is 1. The fourth-order valence-electron chi connectivity index (χ4n) is 3.89. The number of nitrogens with zero attached hydrogens (tertiary/aromatic N) is 3. The van der Waals surface area contributed by atoms with Crippen molar-refractivity contribution in [3.05, 3.63) is 23.3 Å². The van der Waals surface area contributed by atoms with E-state index in [2.05, 4.69) is 34.7 Å². The highest BCUT2D eigenvalue weighted by molar-refractivity contribution is 8.17. The Balaban J connectivity index is 1.50. The molecule has 0 atom stereocenters. The maximum Gasteiger partial charge on any atom is 0.228 e. The van der Waals surface area contributed by atoms with Gasteiger partial charge < -0.3 is 15.1 Å². The highest BCUT2D eigenvalue weighted by Crippen LogP contribution is 2.32. The van der Waals surface area contributed by atoms with E-state index < -0.39 is 0 Å². The maximum absolute atomic E-state index is 12.5. The molecule has 0 aromatic heterocycles. The van der Waals surface area contributed by atoms with Gasteiger partial charge in [0, 0.05) is 39.1 Å². The number of rotatable bonds is 5. The molecule has 0 bridgehead atoms. The first-order valence-electron chi connectivity index (χ1n) is 10.0. The third-order valence-corrected chi connectivity index (χ3v) is 6.64. The average molecular weight is 377 g/mol. The fraction of sp³-hybridized carbons (Fsp3) is 0.700. The molecule has 2 fully saturated rings. The minimum absolute atomic E-state index is 0.0673.